The fourth-order valence-corrected chi connectivity index (χ4v) is 2.35. The lowest BCUT2D eigenvalue weighted by molar-refractivity contribution is -0.384. The average molecular weight is 319 g/mol. The molecular weight excluding hydrogens is 304 g/mol. The van der Waals surface area contributed by atoms with Crippen molar-refractivity contribution < 1.29 is 9.72 Å². The third-order valence-electron chi connectivity index (χ3n) is 3.32. The molecule has 0 fully saturated rings. The van der Waals surface area contributed by atoms with Crippen molar-refractivity contribution in [2.24, 2.45) is 0 Å². The Balaban J connectivity index is 2.24. The second-order valence-electron chi connectivity index (χ2n) is 4.77. The Bertz CT molecular complexity index is 689. The highest BCUT2D eigenvalue weighted by Gasteiger charge is 2.19. The van der Waals surface area contributed by atoms with E-state index in [1.807, 2.05) is 37.3 Å². The summed E-state index contributed by atoms with van der Waals surface area (Å²) in [5.74, 6) is -0.426. The lowest BCUT2D eigenvalue weighted by Crippen LogP contribution is -2.28. The normalized spacial score (nSPS) is 11.7. The Morgan fingerprint density at radius 2 is 1.95 bits per heavy atom. The van der Waals surface area contributed by atoms with Crippen LogP contribution in [0.4, 0.5) is 5.69 Å². The van der Waals surface area contributed by atoms with E-state index in [9.17, 15) is 14.9 Å². The summed E-state index contributed by atoms with van der Waals surface area (Å²) in [4.78, 5) is 22.6. The van der Waals surface area contributed by atoms with Crippen LogP contribution >= 0.6 is 11.6 Å². The summed E-state index contributed by atoms with van der Waals surface area (Å²) in [7, 11) is 0. The van der Waals surface area contributed by atoms with Crippen molar-refractivity contribution in [3.63, 3.8) is 0 Å². The molecule has 1 atom stereocenters. The van der Waals surface area contributed by atoms with Gasteiger partial charge in [-0.1, -0.05) is 48.9 Å². The first-order valence-electron chi connectivity index (χ1n) is 6.82. The molecule has 0 unspecified atom stereocenters. The van der Waals surface area contributed by atoms with E-state index in [4.69, 9.17) is 11.6 Å². The number of hydrogen-bond acceptors (Lipinski definition) is 3. The van der Waals surface area contributed by atoms with Crippen molar-refractivity contribution in [1.82, 2.24) is 5.32 Å². The molecule has 6 heteroatoms. The summed E-state index contributed by atoms with van der Waals surface area (Å²) >= 11 is 5.98. The van der Waals surface area contributed by atoms with Gasteiger partial charge in [0.1, 0.15) is 0 Å². The van der Waals surface area contributed by atoms with Crippen molar-refractivity contribution in [2.45, 2.75) is 19.4 Å². The average Bonchev–Trinajstić information content (AvgIpc) is 2.53. The molecule has 0 aliphatic heterocycles. The molecule has 1 N–H and O–H groups in total. The highest BCUT2D eigenvalue weighted by atomic mass is 35.5. The number of halogens is 1. The minimum atomic E-state index is -0.554. The predicted octanol–water partition coefficient (Wildman–Crippen LogP) is 4.13. The number of nitrogens with zero attached hydrogens (tertiary/aromatic N) is 1. The molecule has 0 aliphatic carbocycles. The maximum Gasteiger partial charge on any atom is 0.270 e. The van der Waals surface area contributed by atoms with E-state index in [1.54, 1.807) is 0 Å². The fraction of sp³-hybridized carbons (Fsp3) is 0.188. The third kappa shape index (κ3) is 3.62. The molecule has 0 saturated heterocycles. The number of carbonyl (C=O) groups excluding carboxylic acids is 1. The van der Waals surface area contributed by atoms with Crippen LogP contribution < -0.4 is 5.32 Å². The van der Waals surface area contributed by atoms with Gasteiger partial charge in [0.15, 0.2) is 0 Å². The van der Waals surface area contributed by atoms with Gasteiger partial charge in [0.2, 0.25) is 0 Å². The number of non-ortho nitro benzene ring substituents is 1. The van der Waals surface area contributed by atoms with Crippen LogP contribution in [0.2, 0.25) is 5.02 Å². The minimum Gasteiger partial charge on any atom is -0.345 e. The van der Waals surface area contributed by atoms with Crippen molar-refractivity contribution in [3.8, 4) is 0 Å². The predicted molar refractivity (Wildman–Crippen MR) is 85.0 cm³/mol. The molecule has 1 amide bonds. The smallest absolute Gasteiger partial charge is 0.270 e. The van der Waals surface area contributed by atoms with Gasteiger partial charge >= 0.3 is 0 Å². The summed E-state index contributed by atoms with van der Waals surface area (Å²) in [5, 5.41) is 13.9. The lowest BCUT2D eigenvalue weighted by Gasteiger charge is -2.17. The number of amides is 1. The second-order valence-corrected chi connectivity index (χ2v) is 5.17. The minimum absolute atomic E-state index is 0.102. The van der Waals surface area contributed by atoms with E-state index in [0.717, 1.165) is 5.56 Å². The molecule has 2 aromatic rings. The number of hydrogen-bond donors (Lipinski definition) is 1. The van der Waals surface area contributed by atoms with E-state index in [0.29, 0.717) is 6.42 Å². The monoisotopic (exact) mass is 318 g/mol. The van der Waals surface area contributed by atoms with Gasteiger partial charge in [-0.05, 0) is 18.1 Å². The topological polar surface area (TPSA) is 72.2 Å². The van der Waals surface area contributed by atoms with Gasteiger partial charge in [0.25, 0.3) is 11.6 Å². The Kier molecular flexibility index (Phi) is 5.12. The number of nitro groups is 1. The molecule has 0 radical (unpaired) electrons. The van der Waals surface area contributed by atoms with Crippen LogP contribution in [0.1, 0.15) is 35.3 Å². The number of nitro benzene ring substituents is 1. The molecule has 0 bridgehead atoms. The summed E-state index contributed by atoms with van der Waals surface area (Å²) in [5.41, 5.74) is 0.910. The molecule has 0 spiro atoms. The quantitative estimate of drug-likeness (QED) is 0.665. The number of rotatable bonds is 5. The molecule has 0 aromatic heterocycles. The maximum absolute atomic E-state index is 12.4. The van der Waals surface area contributed by atoms with Gasteiger partial charge in [-0.25, -0.2) is 0 Å². The first-order chi connectivity index (χ1) is 10.5. The van der Waals surface area contributed by atoms with Crippen molar-refractivity contribution in [1.29, 1.82) is 0 Å². The van der Waals surface area contributed by atoms with Gasteiger partial charge in [-0.2, -0.15) is 0 Å². The van der Waals surface area contributed by atoms with Gasteiger partial charge in [0.05, 0.1) is 21.6 Å². The zero-order valence-corrected chi connectivity index (χ0v) is 12.7. The van der Waals surface area contributed by atoms with Gasteiger partial charge in [-0.3, -0.25) is 14.9 Å². The van der Waals surface area contributed by atoms with Crippen LogP contribution in [0, 0.1) is 10.1 Å². The first kappa shape index (κ1) is 16.0. The van der Waals surface area contributed by atoms with Gasteiger partial charge in [0, 0.05) is 12.1 Å². The van der Waals surface area contributed by atoms with E-state index >= 15 is 0 Å². The van der Waals surface area contributed by atoms with Crippen molar-refractivity contribution in [2.75, 3.05) is 0 Å². The molecule has 2 rings (SSSR count). The van der Waals surface area contributed by atoms with Crippen LogP contribution in [0.25, 0.3) is 0 Å². The number of nitrogens with one attached hydrogen (secondary N) is 1. The fourth-order valence-electron chi connectivity index (χ4n) is 2.14. The molecule has 114 valence electrons. The Hall–Kier alpha value is -2.40. The lowest BCUT2D eigenvalue weighted by atomic mass is 10.0. The highest BCUT2D eigenvalue weighted by Crippen LogP contribution is 2.23. The molecular formula is C16H15ClN2O3. The summed E-state index contributed by atoms with van der Waals surface area (Å²) in [6.45, 7) is 1.95. The molecule has 0 aliphatic rings. The van der Waals surface area contributed by atoms with E-state index in [2.05, 4.69) is 5.32 Å². The number of carbonyl (C=O) groups is 1. The summed E-state index contributed by atoms with van der Waals surface area (Å²) in [6, 6.07) is 13.2. The Morgan fingerprint density at radius 3 is 2.55 bits per heavy atom. The van der Waals surface area contributed by atoms with Crippen molar-refractivity contribution in [3.05, 3.63) is 74.8 Å². The van der Waals surface area contributed by atoms with Crippen molar-refractivity contribution >= 4 is 23.2 Å². The van der Waals surface area contributed by atoms with Crippen LogP contribution in [0.15, 0.2) is 48.5 Å². The van der Waals surface area contributed by atoms with Crippen LogP contribution in [-0.2, 0) is 0 Å². The molecule has 2 aromatic carbocycles. The van der Waals surface area contributed by atoms with Crippen LogP contribution in [0.5, 0.6) is 0 Å². The largest absolute Gasteiger partial charge is 0.345 e. The van der Waals surface area contributed by atoms with Gasteiger partial charge in [-0.15, -0.1) is 0 Å². The van der Waals surface area contributed by atoms with Crippen LogP contribution in [-0.4, -0.2) is 10.8 Å². The molecule has 0 heterocycles. The zero-order chi connectivity index (χ0) is 16.1. The first-order valence-corrected chi connectivity index (χ1v) is 7.20. The number of benzene rings is 2. The highest BCUT2D eigenvalue weighted by molar-refractivity contribution is 6.33. The molecule has 0 saturated carbocycles. The van der Waals surface area contributed by atoms with E-state index in [-0.39, 0.29) is 22.3 Å². The van der Waals surface area contributed by atoms with E-state index in [1.165, 1.54) is 18.2 Å². The Morgan fingerprint density at radius 1 is 1.27 bits per heavy atom. The molecule has 5 nitrogen and oxygen atoms in total. The SMILES string of the molecule is CC[C@@H](NC(=O)c1cc([N+](=O)[O-])ccc1Cl)c1ccccc1. The summed E-state index contributed by atoms with van der Waals surface area (Å²) in [6.07, 6.45) is 0.697. The third-order valence-corrected chi connectivity index (χ3v) is 3.65. The second kappa shape index (κ2) is 7.04. The zero-order valence-electron chi connectivity index (χ0n) is 12.0. The standard InChI is InChI=1S/C16H15ClN2O3/c1-2-15(11-6-4-3-5-7-11)18-16(20)13-10-12(19(21)22)8-9-14(13)17/h3-10,15H,2H2,1H3,(H,18,20)/t15-/m1/s1. The Labute approximate surface area is 133 Å². The van der Waals surface area contributed by atoms with E-state index < -0.39 is 10.8 Å². The summed E-state index contributed by atoms with van der Waals surface area (Å²) < 4.78 is 0. The van der Waals surface area contributed by atoms with Crippen LogP contribution in [0.3, 0.4) is 0 Å². The molecule has 22 heavy (non-hydrogen) atoms. The van der Waals surface area contributed by atoms with Gasteiger partial charge < -0.3 is 5.32 Å². The maximum atomic E-state index is 12.4.